The van der Waals surface area contributed by atoms with E-state index in [9.17, 15) is 0 Å². The molecule has 2 bridgehead atoms. The van der Waals surface area contributed by atoms with Crippen molar-refractivity contribution >= 4 is 0 Å². The Morgan fingerprint density at radius 1 is 0.929 bits per heavy atom. The molecular weight excluding hydrogens is 168 g/mol. The van der Waals surface area contributed by atoms with E-state index in [0.29, 0.717) is 10.8 Å². The zero-order valence-corrected chi connectivity index (χ0v) is 10.4. The molecule has 3 atom stereocenters. The Balaban J connectivity index is 2.38. The van der Waals surface area contributed by atoms with Crippen LogP contribution in [0.1, 0.15) is 66.2 Å². The number of rotatable bonds is 3. The number of fused-ring (bicyclic) bond motifs is 2. The highest BCUT2D eigenvalue weighted by Crippen LogP contribution is 2.70. The molecule has 0 radical (unpaired) electrons. The molecule has 2 aliphatic carbocycles. The first kappa shape index (κ1) is 10.5. The molecule has 0 heterocycles. The Labute approximate surface area is 89.5 Å². The number of hydrogen-bond donors (Lipinski definition) is 0. The zero-order chi connectivity index (χ0) is 10.4. The third-order valence-corrected chi connectivity index (χ3v) is 6.25. The second-order valence-corrected chi connectivity index (χ2v) is 5.84. The van der Waals surface area contributed by atoms with Crippen LogP contribution in [0.5, 0.6) is 0 Å². The van der Waals surface area contributed by atoms with Gasteiger partial charge in [0.05, 0.1) is 0 Å². The van der Waals surface area contributed by atoms with Crippen LogP contribution in [-0.2, 0) is 0 Å². The quantitative estimate of drug-likeness (QED) is 0.614. The fourth-order valence-electron chi connectivity index (χ4n) is 5.21. The Morgan fingerprint density at radius 3 is 1.93 bits per heavy atom. The van der Waals surface area contributed by atoms with Crippen LogP contribution in [-0.4, -0.2) is 0 Å². The van der Waals surface area contributed by atoms with Gasteiger partial charge in [0.1, 0.15) is 0 Å². The first-order chi connectivity index (χ1) is 6.64. The summed E-state index contributed by atoms with van der Waals surface area (Å²) >= 11 is 0. The lowest BCUT2D eigenvalue weighted by Crippen LogP contribution is -2.43. The smallest absolute Gasteiger partial charge is 0.0218 e. The van der Waals surface area contributed by atoms with E-state index in [2.05, 4.69) is 27.7 Å². The van der Waals surface area contributed by atoms with Crippen LogP contribution >= 0.6 is 0 Å². The summed E-state index contributed by atoms with van der Waals surface area (Å²) in [6.07, 6.45) is 8.82. The molecule has 14 heavy (non-hydrogen) atoms. The molecule has 0 saturated heterocycles. The summed E-state index contributed by atoms with van der Waals surface area (Å²) in [6, 6.07) is 0. The fourth-order valence-corrected chi connectivity index (χ4v) is 5.21. The van der Waals surface area contributed by atoms with Crippen LogP contribution < -0.4 is 0 Å². The van der Waals surface area contributed by atoms with Crippen molar-refractivity contribution in [3.63, 3.8) is 0 Å². The summed E-state index contributed by atoms with van der Waals surface area (Å²) < 4.78 is 0. The van der Waals surface area contributed by atoms with Crippen molar-refractivity contribution in [1.82, 2.24) is 0 Å². The van der Waals surface area contributed by atoms with Crippen molar-refractivity contribution in [3.05, 3.63) is 0 Å². The molecule has 3 unspecified atom stereocenters. The molecule has 2 aliphatic rings. The highest BCUT2D eigenvalue weighted by Gasteiger charge is 2.61. The van der Waals surface area contributed by atoms with Crippen molar-refractivity contribution < 1.29 is 0 Å². The van der Waals surface area contributed by atoms with Gasteiger partial charge in [0.2, 0.25) is 0 Å². The van der Waals surface area contributed by atoms with Crippen molar-refractivity contribution in [2.24, 2.45) is 22.7 Å². The van der Waals surface area contributed by atoms with Crippen molar-refractivity contribution in [1.29, 1.82) is 0 Å². The molecule has 0 aromatic carbocycles. The summed E-state index contributed by atoms with van der Waals surface area (Å²) in [7, 11) is 0. The van der Waals surface area contributed by atoms with E-state index in [1.807, 2.05) is 0 Å². The third kappa shape index (κ3) is 0.955. The van der Waals surface area contributed by atoms with Gasteiger partial charge in [-0.05, 0) is 61.2 Å². The molecule has 0 amide bonds. The highest BCUT2D eigenvalue weighted by atomic mass is 14.7. The van der Waals surface area contributed by atoms with Crippen LogP contribution in [0.2, 0.25) is 0 Å². The molecule has 2 saturated carbocycles. The highest BCUT2D eigenvalue weighted by molar-refractivity contribution is 5.10. The lowest BCUT2D eigenvalue weighted by Gasteiger charge is -2.51. The van der Waals surface area contributed by atoms with Gasteiger partial charge in [0.15, 0.2) is 0 Å². The molecule has 0 heteroatoms. The molecule has 2 rings (SSSR count). The van der Waals surface area contributed by atoms with Crippen LogP contribution in [0.15, 0.2) is 0 Å². The lowest BCUT2D eigenvalue weighted by molar-refractivity contribution is -0.0227. The van der Waals surface area contributed by atoms with Gasteiger partial charge >= 0.3 is 0 Å². The minimum absolute atomic E-state index is 0.666. The maximum Gasteiger partial charge on any atom is -0.0218 e. The van der Waals surface area contributed by atoms with Gasteiger partial charge in [0.25, 0.3) is 0 Å². The van der Waals surface area contributed by atoms with Crippen molar-refractivity contribution in [3.8, 4) is 0 Å². The van der Waals surface area contributed by atoms with E-state index in [-0.39, 0.29) is 0 Å². The van der Waals surface area contributed by atoms with Crippen LogP contribution in [0, 0.1) is 22.7 Å². The molecule has 0 aromatic heterocycles. The predicted octanol–water partition coefficient (Wildman–Crippen LogP) is 4.64. The molecule has 0 spiro atoms. The first-order valence-electron chi connectivity index (χ1n) is 6.64. The van der Waals surface area contributed by atoms with Gasteiger partial charge in [-0.3, -0.25) is 0 Å². The van der Waals surface area contributed by atoms with Crippen LogP contribution in [0.25, 0.3) is 0 Å². The Hall–Kier alpha value is 0. The topological polar surface area (TPSA) is 0 Å². The Morgan fingerprint density at radius 2 is 1.50 bits per heavy atom. The zero-order valence-electron chi connectivity index (χ0n) is 10.4. The summed E-state index contributed by atoms with van der Waals surface area (Å²) in [5.74, 6) is 2.12. The van der Waals surface area contributed by atoms with Gasteiger partial charge < -0.3 is 0 Å². The van der Waals surface area contributed by atoms with Gasteiger partial charge in [0, 0.05) is 0 Å². The molecule has 2 fully saturated rings. The van der Waals surface area contributed by atoms with Crippen LogP contribution in [0.3, 0.4) is 0 Å². The van der Waals surface area contributed by atoms with Gasteiger partial charge in [-0.25, -0.2) is 0 Å². The van der Waals surface area contributed by atoms with E-state index in [4.69, 9.17) is 0 Å². The predicted molar refractivity (Wildman–Crippen MR) is 62.2 cm³/mol. The Kier molecular flexibility index (Phi) is 2.44. The average molecular weight is 194 g/mol. The summed E-state index contributed by atoms with van der Waals surface area (Å²) in [5.41, 5.74) is 1.37. The normalized spacial score (nSPS) is 44.6. The van der Waals surface area contributed by atoms with Gasteiger partial charge in [-0.15, -0.1) is 0 Å². The lowest BCUT2D eigenvalue weighted by atomic mass is 9.53. The van der Waals surface area contributed by atoms with Crippen molar-refractivity contribution in [2.75, 3.05) is 0 Å². The maximum atomic E-state index is 2.59. The third-order valence-electron chi connectivity index (χ3n) is 6.25. The van der Waals surface area contributed by atoms with E-state index in [0.717, 1.165) is 11.8 Å². The molecule has 0 aromatic rings. The minimum Gasteiger partial charge on any atom is -0.0648 e. The SMILES string of the molecule is CCC1(C)C2CCC(C2)C1(CC)CC. The van der Waals surface area contributed by atoms with Gasteiger partial charge in [-0.1, -0.05) is 27.7 Å². The molecule has 82 valence electrons. The molecule has 0 nitrogen and oxygen atoms in total. The average Bonchev–Trinajstić information content (AvgIpc) is 2.77. The van der Waals surface area contributed by atoms with E-state index in [1.165, 1.54) is 32.1 Å². The summed E-state index contributed by atoms with van der Waals surface area (Å²) in [4.78, 5) is 0. The van der Waals surface area contributed by atoms with E-state index < -0.39 is 0 Å². The number of hydrogen-bond acceptors (Lipinski definition) is 0. The minimum atomic E-state index is 0.666. The summed E-state index contributed by atoms with van der Waals surface area (Å²) in [6.45, 7) is 9.86. The molecule has 0 aliphatic heterocycles. The monoisotopic (exact) mass is 194 g/mol. The fraction of sp³-hybridized carbons (Fsp3) is 1.00. The molecular formula is C14H26. The maximum absolute atomic E-state index is 2.59. The Bertz CT molecular complexity index is 214. The van der Waals surface area contributed by atoms with E-state index in [1.54, 1.807) is 6.42 Å². The molecule has 0 N–H and O–H groups in total. The van der Waals surface area contributed by atoms with E-state index >= 15 is 0 Å². The largest absolute Gasteiger partial charge is 0.0648 e. The summed E-state index contributed by atoms with van der Waals surface area (Å²) in [5, 5.41) is 0. The van der Waals surface area contributed by atoms with Crippen molar-refractivity contribution in [2.45, 2.75) is 66.2 Å². The standard InChI is InChI=1S/C14H26/c1-5-13(4)11-8-9-12(10-11)14(13,6-2)7-3/h11-12H,5-10H2,1-4H3. The van der Waals surface area contributed by atoms with Crippen LogP contribution in [0.4, 0.5) is 0 Å². The second kappa shape index (κ2) is 3.25. The first-order valence-corrected chi connectivity index (χ1v) is 6.64. The van der Waals surface area contributed by atoms with Gasteiger partial charge in [-0.2, -0.15) is 0 Å². The second-order valence-electron chi connectivity index (χ2n) is 5.84.